The molecule has 0 radical (unpaired) electrons. The van der Waals surface area contributed by atoms with E-state index in [1.54, 1.807) is 6.07 Å². The van der Waals surface area contributed by atoms with E-state index in [1.807, 2.05) is 24.8 Å². The van der Waals surface area contributed by atoms with E-state index in [9.17, 15) is 4.79 Å². The molecule has 0 aliphatic carbocycles. The molecule has 0 bridgehead atoms. The Morgan fingerprint density at radius 2 is 2.47 bits per heavy atom. The largest absolute Gasteiger partial charge is 0.477 e. The van der Waals surface area contributed by atoms with Crippen LogP contribution in [0.4, 0.5) is 0 Å². The quantitative estimate of drug-likeness (QED) is 0.564. The van der Waals surface area contributed by atoms with Crippen LogP contribution in [0.15, 0.2) is 18.7 Å². The van der Waals surface area contributed by atoms with Gasteiger partial charge in [-0.1, -0.05) is 6.08 Å². The van der Waals surface area contributed by atoms with E-state index in [4.69, 9.17) is 5.11 Å². The average Bonchev–Trinajstić information content (AvgIpc) is 2.65. The molecule has 0 spiro atoms. The highest BCUT2D eigenvalue weighted by molar-refractivity contribution is 7.99. The molecule has 1 aromatic heterocycles. The van der Waals surface area contributed by atoms with Crippen LogP contribution in [0, 0.1) is 6.92 Å². The zero-order valence-corrected chi connectivity index (χ0v) is 11.5. The van der Waals surface area contributed by atoms with Gasteiger partial charge in [0.15, 0.2) is 0 Å². The summed E-state index contributed by atoms with van der Waals surface area (Å²) < 4.78 is 0. The first-order chi connectivity index (χ1) is 8.15. The molecule has 0 aliphatic rings. The molecule has 0 amide bonds. The summed E-state index contributed by atoms with van der Waals surface area (Å²) in [6, 6.07) is 1.76. The molecule has 0 aliphatic heterocycles. The smallest absolute Gasteiger partial charge is 0.345 e. The van der Waals surface area contributed by atoms with E-state index in [1.165, 1.54) is 11.3 Å². The van der Waals surface area contributed by atoms with Crippen molar-refractivity contribution in [2.24, 2.45) is 0 Å². The van der Waals surface area contributed by atoms with Crippen molar-refractivity contribution in [3.05, 3.63) is 34.0 Å². The average molecular weight is 271 g/mol. The molecule has 0 aromatic carbocycles. The number of aryl methyl sites for hydroxylation is 1. The second kappa shape index (κ2) is 7.53. The fourth-order valence-corrected chi connectivity index (χ4v) is 2.84. The minimum absolute atomic E-state index is 0.417. The Labute approximate surface area is 110 Å². The van der Waals surface area contributed by atoms with Gasteiger partial charge in [-0.15, -0.1) is 17.9 Å². The van der Waals surface area contributed by atoms with E-state index in [2.05, 4.69) is 11.9 Å². The third-order valence-corrected chi connectivity index (χ3v) is 4.25. The SMILES string of the molecule is C=CCSCCNCc1cc(C(=O)O)sc1C. The molecule has 3 nitrogen and oxygen atoms in total. The third-order valence-electron chi connectivity index (χ3n) is 2.21. The molecule has 0 saturated heterocycles. The summed E-state index contributed by atoms with van der Waals surface area (Å²) in [5.74, 6) is 1.18. The van der Waals surface area contributed by atoms with Crippen LogP contribution in [0.5, 0.6) is 0 Å². The molecule has 0 unspecified atom stereocenters. The lowest BCUT2D eigenvalue weighted by Gasteiger charge is -2.03. The van der Waals surface area contributed by atoms with Crippen molar-refractivity contribution in [1.82, 2.24) is 5.32 Å². The lowest BCUT2D eigenvalue weighted by molar-refractivity contribution is 0.0702. The fraction of sp³-hybridized carbons (Fsp3) is 0.417. The molecule has 94 valence electrons. The van der Waals surface area contributed by atoms with Gasteiger partial charge in [0.25, 0.3) is 0 Å². The summed E-state index contributed by atoms with van der Waals surface area (Å²) in [7, 11) is 0. The van der Waals surface area contributed by atoms with Crippen molar-refractivity contribution < 1.29 is 9.90 Å². The molecule has 17 heavy (non-hydrogen) atoms. The number of carboxylic acid groups (broad SMARTS) is 1. The summed E-state index contributed by atoms with van der Waals surface area (Å²) in [5.41, 5.74) is 1.08. The predicted octanol–water partition coefficient (Wildman–Crippen LogP) is 2.76. The third kappa shape index (κ3) is 4.93. The molecule has 1 rings (SSSR count). The second-order valence-electron chi connectivity index (χ2n) is 3.54. The van der Waals surface area contributed by atoms with E-state index in [0.29, 0.717) is 4.88 Å². The minimum atomic E-state index is -0.842. The molecule has 1 heterocycles. The maximum Gasteiger partial charge on any atom is 0.345 e. The highest BCUT2D eigenvalue weighted by Crippen LogP contribution is 2.21. The second-order valence-corrected chi connectivity index (χ2v) is 5.94. The van der Waals surface area contributed by atoms with E-state index in [0.717, 1.165) is 35.0 Å². The number of carbonyl (C=O) groups is 1. The van der Waals surface area contributed by atoms with Gasteiger partial charge in [0.05, 0.1) is 0 Å². The highest BCUT2D eigenvalue weighted by atomic mass is 32.2. The first-order valence-electron chi connectivity index (χ1n) is 5.37. The van der Waals surface area contributed by atoms with Crippen LogP contribution < -0.4 is 5.32 Å². The van der Waals surface area contributed by atoms with Crippen LogP contribution >= 0.6 is 23.1 Å². The van der Waals surface area contributed by atoms with E-state index in [-0.39, 0.29) is 0 Å². The van der Waals surface area contributed by atoms with Gasteiger partial charge >= 0.3 is 5.97 Å². The number of hydrogen-bond donors (Lipinski definition) is 2. The first kappa shape index (κ1) is 14.3. The van der Waals surface area contributed by atoms with Crippen molar-refractivity contribution in [3.63, 3.8) is 0 Å². The number of hydrogen-bond acceptors (Lipinski definition) is 4. The molecule has 5 heteroatoms. The number of thiophene rings is 1. The summed E-state index contributed by atoms with van der Waals surface area (Å²) >= 11 is 3.17. The van der Waals surface area contributed by atoms with Gasteiger partial charge in [-0.05, 0) is 18.6 Å². The van der Waals surface area contributed by atoms with Crippen molar-refractivity contribution in [2.45, 2.75) is 13.5 Å². The summed E-state index contributed by atoms with van der Waals surface area (Å²) in [4.78, 5) is 12.3. The monoisotopic (exact) mass is 271 g/mol. The number of carboxylic acids is 1. The standard InChI is InChI=1S/C12H17NO2S2/c1-3-5-16-6-4-13-8-10-7-11(12(14)15)17-9(10)2/h3,7,13H,1,4-6,8H2,2H3,(H,14,15). The number of nitrogens with one attached hydrogen (secondary N) is 1. The Bertz CT molecular complexity index is 388. The van der Waals surface area contributed by atoms with Crippen molar-refractivity contribution >= 4 is 29.1 Å². The van der Waals surface area contributed by atoms with Crippen LogP contribution in [0.3, 0.4) is 0 Å². The predicted molar refractivity (Wildman–Crippen MR) is 75.2 cm³/mol. The molecule has 0 saturated carbocycles. The van der Waals surface area contributed by atoms with Gasteiger partial charge in [0, 0.05) is 29.5 Å². The van der Waals surface area contributed by atoms with Crippen LogP contribution in [0.1, 0.15) is 20.1 Å². The van der Waals surface area contributed by atoms with Crippen molar-refractivity contribution in [3.8, 4) is 0 Å². The van der Waals surface area contributed by atoms with Gasteiger partial charge < -0.3 is 10.4 Å². The first-order valence-corrected chi connectivity index (χ1v) is 7.34. The highest BCUT2D eigenvalue weighted by Gasteiger charge is 2.10. The minimum Gasteiger partial charge on any atom is -0.477 e. The Morgan fingerprint density at radius 1 is 1.71 bits per heavy atom. The Kier molecular flexibility index (Phi) is 6.32. The molecule has 1 aromatic rings. The van der Waals surface area contributed by atoms with Crippen molar-refractivity contribution in [2.75, 3.05) is 18.1 Å². The van der Waals surface area contributed by atoms with E-state index < -0.39 is 5.97 Å². The lowest BCUT2D eigenvalue weighted by Crippen LogP contribution is -2.16. The molecule has 0 fully saturated rings. The lowest BCUT2D eigenvalue weighted by atomic mass is 10.2. The van der Waals surface area contributed by atoms with Gasteiger partial charge in [-0.25, -0.2) is 4.79 Å². The maximum absolute atomic E-state index is 10.8. The fourth-order valence-electron chi connectivity index (χ4n) is 1.33. The topological polar surface area (TPSA) is 49.3 Å². The Hall–Kier alpha value is -0.780. The van der Waals surface area contributed by atoms with Crippen LogP contribution in [-0.4, -0.2) is 29.1 Å². The molecule has 0 atom stereocenters. The molecular formula is C12H17NO2S2. The molecule has 2 N–H and O–H groups in total. The van der Waals surface area contributed by atoms with Crippen molar-refractivity contribution in [1.29, 1.82) is 0 Å². The summed E-state index contributed by atoms with van der Waals surface area (Å²) in [5, 5.41) is 12.2. The van der Waals surface area contributed by atoms with Crippen LogP contribution in [0.2, 0.25) is 0 Å². The number of thioether (sulfide) groups is 1. The van der Waals surface area contributed by atoms with Crippen LogP contribution in [-0.2, 0) is 6.54 Å². The normalized spacial score (nSPS) is 10.4. The van der Waals surface area contributed by atoms with Gasteiger partial charge in [-0.3, -0.25) is 0 Å². The zero-order chi connectivity index (χ0) is 12.7. The van der Waals surface area contributed by atoms with Gasteiger partial charge in [0.1, 0.15) is 4.88 Å². The Balaban J connectivity index is 2.31. The zero-order valence-electron chi connectivity index (χ0n) is 9.86. The van der Waals surface area contributed by atoms with Crippen LogP contribution in [0.25, 0.3) is 0 Å². The Morgan fingerprint density at radius 3 is 3.06 bits per heavy atom. The summed E-state index contributed by atoms with van der Waals surface area (Å²) in [6.45, 7) is 7.29. The van der Waals surface area contributed by atoms with Gasteiger partial charge in [-0.2, -0.15) is 11.8 Å². The molecular weight excluding hydrogens is 254 g/mol. The van der Waals surface area contributed by atoms with E-state index >= 15 is 0 Å². The number of aromatic carboxylic acids is 1. The number of rotatable bonds is 8. The van der Waals surface area contributed by atoms with Gasteiger partial charge in [0.2, 0.25) is 0 Å². The maximum atomic E-state index is 10.8. The summed E-state index contributed by atoms with van der Waals surface area (Å²) in [6.07, 6.45) is 1.90.